The van der Waals surface area contributed by atoms with E-state index in [-0.39, 0.29) is 10.9 Å². The molecule has 6 nitrogen and oxygen atoms in total. The highest BCUT2D eigenvalue weighted by Crippen LogP contribution is 2.33. The van der Waals surface area contributed by atoms with Crippen LogP contribution in [0.5, 0.6) is 0 Å². The molecule has 1 fully saturated rings. The Kier molecular flexibility index (Phi) is 3.70. The summed E-state index contributed by atoms with van der Waals surface area (Å²) in [5.41, 5.74) is 2.98. The van der Waals surface area contributed by atoms with Crippen LogP contribution < -0.4 is 15.8 Å². The highest BCUT2D eigenvalue weighted by atomic mass is 16.5. The maximum Gasteiger partial charge on any atom is 0.196 e. The molecule has 2 heterocycles. The number of H-pyrrole nitrogens is 1. The zero-order valence-corrected chi connectivity index (χ0v) is 16.1. The molecule has 6 heteroatoms. The third-order valence-electron chi connectivity index (χ3n) is 5.86. The van der Waals surface area contributed by atoms with E-state index in [2.05, 4.69) is 9.88 Å². The molecule has 0 atom stereocenters. The molecule has 1 saturated heterocycles. The quantitative estimate of drug-likeness (QED) is 0.344. The fraction of sp³-hybridized carbons (Fsp3) is 0.167. The second-order valence-corrected chi connectivity index (χ2v) is 7.55. The molecule has 30 heavy (non-hydrogen) atoms. The molecule has 4 aromatic carbocycles. The second-order valence-electron chi connectivity index (χ2n) is 7.55. The van der Waals surface area contributed by atoms with Crippen LogP contribution in [0.15, 0.2) is 68.6 Å². The summed E-state index contributed by atoms with van der Waals surface area (Å²) in [6.07, 6.45) is 0. The monoisotopic (exact) mass is 398 g/mol. The van der Waals surface area contributed by atoms with Crippen molar-refractivity contribution in [1.82, 2.24) is 4.98 Å². The summed E-state index contributed by atoms with van der Waals surface area (Å²) in [5, 5.41) is 1.69. The summed E-state index contributed by atoms with van der Waals surface area (Å²) >= 11 is 0. The van der Waals surface area contributed by atoms with Crippen molar-refractivity contribution in [3.63, 3.8) is 0 Å². The Morgan fingerprint density at radius 1 is 0.800 bits per heavy atom. The number of benzene rings is 4. The second kappa shape index (κ2) is 6.43. The van der Waals surface area contributed by atoms with Crippen molar-refractivity contribution in [2.45, 2.75) is 0 Å². The van der Waals surface area contributed by atoms with E-state index in [1.807, 2.05) is 30.3 Å². The third-order valence-corrected chi connectivity index (χ3v) is 5.86. The van der Waals surface area contributed by atoms with Crippen molar-refractivity contribution in [1.29, 1.82) is 0 Å². The van der Waals surface area contributed by atoms with E-state index in [0.717, 1.165) is 11.2 Å². The van der Waals surface area contributed by atoms with Gasteiger partial charge in [0, 0.05) is 29.9 Å². The van der Waals surface area contributed by atoms with Gasteiger partial charge in [0.1, 0.15) is 0 Å². The van der Waals surface area contributed by atoms with Crippen molar-refractivity contribution in [2.24, 2.45) is 0 Å². The first-order valence-corrected chi connectivity index (χ1v) is 9.98. The van der Waals surface area contributed by atoms with E-state index in [4.69, 9.17) is 9.15 Å². The molecule has 0 radical (unpaired) electrons. The molecule has 0 aliphatic carbocycles. The zero-order valence-electron chi connectivity index (χ0n) is 16.1. The highest BCUT2D eigenvalue weighted by Gasteiger charge is 2.22. The van der Waals surface area contributed by atoms with E-state index in [0.29, 0.717) is 64.5 Å². The lowest BCUT2D eigenvalue weighted by atomic mass is 9.99. The van der Waals surface area contributed by atoms with E-state index in [1.54, 1.807) is 24.3 Å². The summed E-state index contributed by atoms with van der Waals surface area (Å²) in [6.45, 7) is 2.45. The van der Waals surface area contributed by atoms with Crippen LogP contribution in [0.25, 0.3) is 43.7 Å². The van der Waals surface area contributed by atoms with Gasteiger partial charge in [0.15, 0.2) is 22.0 Å². The lowest BCUT2D eigenvalue weighted by Gasteiger charge is -2.30. The van der Waals surface area contributed by atoms with E-state index in [1.165, 1.54) is 0 Å². The summed E-state index contributed by atoms with van der Waals surface area (Å²) in [4.78, 5) is 32.6. The Balaban J connectivity index is 1.87. The predicted octanol–water partition coefficient (Wildman–Crippen LogP) is 3.78. The fourth-order valence-electron chi connectivity index (χ4n) is 4.42. The number of nitrogens with zero attached hydrogens (tertiary/aromatic N) is 1. The van der Waals surface area contributed by atoms with Gasteiger partial charge < -0.3 is 19.0 Å². The fourth-order valence-corrected chi connectivity index (χ4v) is 4.42. The standard InChI is InChI=1S/C24H18N2O4/c27-23-14-5-1-2-6-15(14)24(28)21-20(23)17(26-9-11-29-12-10-26)13-19-22(21)25-16-7-3-4-8-18(16)30-19/h1-8,13,25H,9-12H2. The number of para-hydroxylation sites is 2. The largest absolute Gasteiger partial charge is 0.453 e. The molecule has 5 aromatic rings. The molecule has 0 amide bonds. The normalized spacial score (nSPS) is 14.9. The molecule has 0 spiro atoms. The van der Waals surface area contributed by atoms with E-state index < -0.39 is 0 Å². The predicted molar refractivity (Wildman–Crippen MR) is 119 cm³/mol. The third kappa shape index (κ3) is 2.40. The van der Waals surface area contributed by atoms with Crippen molar-refractivity contribution in [3.05, 3.63) is 75.0 Å². The molecule has 1 aliphatic heterocycles. The molecular formula is C24H18N2O4. The molecule has 1 aromatic heterocycles. The number of hydrogen-bond donors (Lipinski definition) is 1. The van der Waals surface area contributed by atoms with Gasteiger partial charge in [-0.1, -0.05) is 36.4 Å². The van der Waals surface area contributed by atoms with Crippen molar-refractivity contribution in [2.75, 3.05) is 31.2 Å². The first-order valence-electron chi connectivity index (χ1n) is 9.98. The molecule has 1 N–H and O–H groups in total. The lowest BCUT2D eigenvalue weighted by molar-refractivity contribution is 0.123. The Morgan fingerprint density at radius 2 is 1.47 bits per heavy atom. The number of hydrogen-bond acceptors (Lipinski definition) is 5. The van der Waals surface area contributed by atoms with Gasteiger partial charge in [0.2, 0.25) is 0 Å². The topological polar surface area (TPSA) is 75.5 Å². The van der Waals surface area contributed by atoms with Crippen molar-refractivity contribution < 1.29 is 9.15 Å². The number of fused-ring (bicyclic) bond motifs is 5. The molecule has 0 saturated carbocycles. The molecule has 0 unspecified atom stereocenters. The molecule has 6 rings (SSSR count). The van der Waals surface area contributed by atoms with Gasteiger partial charge >= 0.3 is 0 Å². The molecule has 0 bridgehead atoms. The highest BCUT2D eigenvalue weighted by molar-refractivity contribution is 6.14. The summed E-state index contributed by atoms with van der Waals surface area (Å²) in [5.74, 6) is 0. The van der Waals surface area contributed by atoms with Crippen LogP contribution in [0.1, 0.15) is 0 Å². The van der Waals surface area contributed by atoms with Crippen LogP contribution >= 0.6 is 0 Å². The maximum atomic E-state index is 13.6. The van der Waals surface area contributed by atoms with Gasteiger partial charge in [0.05, 0.1) is 40.7 Å². The number of anilines is 1. The van der Waals surface area contributed by atoms with Crippen molar-refractivity contribution >= 4 is 49.4 Å². The lowest BCUT2D eigenvalue weighted by Crippen LogP contribution is -2.37. The Hall–Kier alpha value is -3.64. The van der Waals surface area contributed by atoms with Crippen LogP contribution in [-0.2, 0) is 4.74 Å². The number of aromatic amines is 1. The van der Waals surface area contributed by atoms with Crippen molar-refractivity contribution in [3.8, 4) is 0 Å². The van der Waals surface area contributed by atoms with Crippen LogP contribution in [0.3, 0.4) is 0 Å². The summed E-state index contributed by atoms with van der Waals surface area (Å²) in [7, 11) is 0. The molecule has 148 valence electrons. The first kappa shape index (κ1) is 17.2. The van der Waals surface area contributed by atoms with Gasteiger partial charge in [0.25, 0.3) is 0 Å². The minimum atomic E-state index is -0.165. The van der Waals surface area contributed by atoms with Gasteiger partial charge in [-0.3, -0.25) is 9.59 Å². The van der Waals surface area contributed by atoms with Gasteiger partial charge in [-0.05, 0) is 12.1 Å². The van der Waals surface area contributed by atoms with Crippen LogP contribution in [0.4, 0.5) is 5.69 Å². The van der Waals surface area contributed by atoms with Gasteiger partial charge in [-0.15, -0.1) is 0 Å². The summed E-state index contributed by atoms with van der Waals surface area (Å²) in [6, 6.07) is 16.5. The Labute approximate surface area is 170 Å². The Bertz CT molecular complexity index is 1580. The SMILES string of the molecule is O=c1c2ccccc2c(=O)c2c1c(N1CCOCC1)cc1oc3ccccc3[nH]c12. The number of ether oxygens (including phenoxy) is 1. The average molecular weight is 398 g/mol. The minimum Gasteiger partial charge on any atom is -0.453 e. The first-order chi connectivity index (χ1) is 14.7. The van der Waals surface area contributed by atoms with Gasteiger partial charge in [-0.2, -0.15) is 0 Å². The average Bonchev–Trinajstić information content (AvgIpc) is 2.80. The number of aromatic nitrogens is 1. The number of rotatable bonds is 1. The molecule has 1 aliphatic rings. The van der Waals surface area contributed by atoms with E-state index in [9.17, 15) is 9.59 Å². The van der Waals surface area contributed by atoms with Crippen LogP contribution in [0, 0.1) is 0 Å². The molecular weight excluding hydrogens is 380 g/mol. The minimum absolute atomic E-state index is 0.134. The van der Waals surface area contributed by atoms with Crippen LogP contribution in [0.2, 0.25) is 0 Å². The maximum absolute atomic E-state index is 13.6. The van der Waals surface area contributed by atoms with Gasteiger partial charge in [-0.25, -0.2) is 0 Å². The number of morpholine rings is 1. The number of nitrogens with one attached hydrogen (secondary N) is 1. The smallest absolute Gasteiger partial charge is 0.196 e. The Morgan fingerprint density at radius 3 is 2.23 bits per heavy atom. The van der Waals surface area contributed by atoms with E-state index >= 15 is 0 Å². The zero-order chi connectivity index (χ0) is 20.2. The van der Waals surface area contributed by atoms with Crippen LogP contribution in [-0.4, -0.2) is 31.3 Å². The summed E-state index contributed by atoms with van der Waals surface area (Å²) < 4.78 is 11.7.